The van der Waals surface area contributed by atoms with E-state index in [0.29, 0.717) is 0 Å². The van der Waals surface area contributed by atoms with Gasteiger partial charge in [-0.3, -0.25) is 9.59 Å². The van der Waals surface area contributed by atoms with Gasteiger partial charge in [-0.2, -0.15) is 0 Å². The molecule has 0 aromatic heterocycles. The summed E-state index contributed by atoms with van der Waals surface area (Å²) in [7, 11) is 0. The average Bonchev–Trinajstić information content (AvgIpc) is 1.82. The Kier molecular flexibility index (Phi) is 9.42. The minimum absolute atomic E-state index is 0. The molecule has 6 N–H and O–H groups in total. The Balaban J connectivity index is -0.000000720. The number of carbonyl (C=O) groups is 3. The van der Waals surface area contributed by atoms with Crippen molar-refractivity contribution < 1.29 is 40.3 Å². The van der Waals surface area contributed by atoms with Crippen molar-refractivity contribution in [1.29, 1.82) is 0 Å². The molecule has 83 valence electrons. The molecule has 0 aliphatic carbocycles. The van der Waals surface area contributed by atoms with Gasteiger partial charge < -0.3 is 25.9 Å². The maximum Gasteiger partial charge on any atom is 0.336 e. The third-order valence-electron chi connectivity index (χ3n) is 1.29. The molecule has 0 saturated carbocycles. The Morgan fingerprint density at radius 1 is 0.933 bits per heavy atom. The number of aliphatic carboxylic acids is 3. The second-order valence-electron chi connectivity index (χ2n) is 2.48. The van der Waals surface area contributed by atoms with Crippen molar-refractivity contribution >= 4 is 36.8 Å². The van der Waals surface area contributed by atoms with E-state index in [9.17, 15) is 14.4 Å². The van der Waals surface area contributed by atoms with Crippen LogP contribution in [0.3, 0.4) is 0 Å². The minimum atomic E-state index is -2.74. The van der Waals surface area contributed by atoms with Crippen LogP contribution >= 0.6 is 0 Å². The van der Waals surface area contributed by atoms with Crippen LogP contribution in [0.4, 0.5) is 0 Å². The van der Waals surface area contributed by atoms with Crippen LogP contribution in [0.2, 0.25) is 0 Å². The van der Waals surface area contributed by atoms with Crippen LogP contribution in [-0.2, 0) is 14.4 Å². The molecule has 0 amide bonds. The molecule has 0 heterocycles. The molecule has 8 nitrogen and oxygen atoms in total. The molecule has 0 aliphatic heterocycles. The number of carboxylic acid groups (broad SMARTS) is 3. The van der Waals surface area contributed by atoms with Crippen molar-refractivity contribution in [1.82, 2.24) is 0 Å². The normalized spacial score (nSPS) is 9.40. The average molecular weight is 217 g/mol. The summed E-state index contributed by atoms with van der Waals surface area (Å²) in [5.41, 5.74) is -2.74. The molecular formula is C6H10LiO8. The molecule has 0 aliphatic rings. The number of carboxylic acids is 3. The fraction of sp³-hybridized carbons (Fsp3) is 0.500. The molecule has 0 atom stereocenters. The summed E-state index contributed by atoms with van der Waals surface area (Å²) in [4.78, 5) is 30.5. The van der Waals surface area contributed by atoms with Gasteiger partial charge in [0.25, 0.3) is 0 Å². The Bertz CT molecular complexity index is 234. The van der Waals surface area contributed by atoms with Gasteiger partial charge >= 0.3 is 17.9 Å². The monoisotopic (exact) mass is 217 g/mol. The van der Waals surface area contributed by atoms with E-state index >= 15 is 0 Å². The van der Waals surface area contributed by atoms with E-state index in [2.05, 4.69) is 0 Å². The molecule has 0 unspecified atom stereocenters. The summed E-state index contributed by atoms with van der Waals surface area (Å²) in [5, 5.41) is 33.8. The number of hydrogen-bond acceptors (Lipinski definition) is 4. The molecular weight excluding hydrogens is 207 g/mol. The first kappa shape index (κ1) is 19.5. The Morgan fingerprint density at radius 3 is 1.33 bits per heavy atom. The zero-order valence-corrected chi connectivity index (χ0v) is 7.93. The van der Waals surface area contributed by atoms with Crippen LogP contribution in [-0.4, -0.2) is 68.3 Å². The van der Waals surface area contributed by atoms with Crippen molar-refractivity contribution in [3.63, 3.8) is 0 Å². The number of aliphatic hydroxyl groups is 1. The summed E-state index contributed by atoms with van der Waals surface area (Å²) >= 11 is 0. The first-order valence-corrected chi connectivity index (χ1v) is 3.17. The van der Waals surface area contributed by atoms with Gasteiger partial charge in [0.2, 0.25) is 0 Å². The van der Waals surface area contributed by atoms with Gasteiger partial charge in [-0.05, 0) is 0 Å². The molecule has 0 fully saturated rings. The molecule has 0 bridgehead atoms. The van der Waals surface area contributed by atoms with Gasteiger partial charge in [0, 0.05) is 18.9 Å². The zero-order valence-electron chi connectivity index (χ0n) is 7.93. The van der Waals surface area contributed by atoms with E-state index < -0.39 is 36.4 Å². The van der Waals surface area contributed by atoms with Crippen molar-refractivity contribution in [3.8, 4) is 0 Å². The quantitative estimate of drug-likeness (QED) is 0.371. The fourth-order valence-electron chi connectivity index (χ4n) is 0.714. The Morgan fingerprint density at radius 2 is 1.20 bits per heavy atom. The largest absolute Gasteiger partial charge is 0.481 e. The first-order valence-electron chi connectivity index (χ1n) is 3.17. The van der Waals surface area contributed by atoms with E-state index in [1.54, 1.807) is 0 Å². The van der Waals surface area contributed by atoms with E-state index in [1.807, 2.05) is 0 Å². The van der Waals surface area contributed by atoms with Crippen molar-refractivity contribution in [2.45, 2.75) is 18.4 Å². The second-order valence-corrected chi connectivity index (χ2v) is 2.48. The van der Waals surface area contributed by atoms with E-state index in [4.69, 9.17) is 20.4 Å². The first-order chi connectivity index (χ1) is 5.78. The van der Waals surface area contributed by atoms with Gasteiger partial charge in [-0.25, -0.2) is 4.79 Å². The van der Waals surface area contributed by atoms with Gasteiger partial charge in [-0.15, -0.1) is 0 Å². The summed E-state index contributed by atoms with van der Waals surface area (Å²) in [6.07, 6.45) is -2.29. The number of rotatable bonds is 5. The van der Waals surface area contributed by atoms with Crippen molar-refractivity contribution in [3.05, 3.63) is 0 Å². The standard InChI is InChI=1S/C6H8O7.Li.H2O/c7-3(8)1-6(13,5(11)12)2-4(9)10;;/h13H,1-2H2,(H,7,8)(H,9,10)(H,11,12);;1H2. The van der Waals surface area contributed by atoms with E-state index in [-0.39, 0.29) is 24.3 Å². The van der Waals surface area contributed by atoms with Gasteiger partial charge in [0.05, 0.1) is 12.8 Å². The fourth-order valence-corrected chi connectivity index (χ4v) is 0.714. The predicted molar refractivity (Wildman–Crippen MR) is 46.5 cm³/mol. The second kappa shape index (κ2) is 7.25. The van der Waals surface area contributed by atoms with E-state index in [0.717, 1.165) is 0 Å². The van der Waals surface area contributed by atoms with Crippen LogP contribution in [0.25, 0.3) is 0 Å². The van der Waals surface area contributed by atoms with E-state index in [1.165, 1.54) is 0 Å². The molecule has 1 radical (unpaired) electrons. The SMILES string of the molecule is O.O=C(O)CC(O)(CC(=O)O)C(=O)O.[Li]. The molecule has 0 aromatic carbocycles. The molecule has 0 spiro atoms. The third kappa shape index (κ3) is 6.93. The Hall–Kier alpha value is -1.07. The van der Waals surface area contributed by atoms with Crippen LogP contribution < -0.4 is 0 Å². The topological polar surface area (TPSA) is 164 Å². The number of hydrogen-bond donors (Lipinski definition) is 4. The van der Waals surface area contributed by atoms with Crippen LogP contribution in [0.5, 0.6) is 0 Å². The molecule has 0 saturated heterocycles. The molecule has 15 heavy (non-hydrogen) atoms. The molecule has 9 heteroatoms. The van der Waals surface area contributed by atoms with Crippen LogP contribution in [0.1, 0.15) is 12.8 Å². The van der Waals surface area contributed by atoms with Crippen molar-refractivity contribution in [2.24, 2.45) is 0 Å². The van der Waals surface area contributed by atoms with Crippen molar-refractivity contribution in [2.75, 3.05) is 0 Å². The minimum Gasteiger partial charge on any atom is -0.481 e. The Labute approximate surface area is 96.0 Å². The summed E-state index contributed by atoms with van der Waals surface area (Å²) < 4.78 is 0. The summed E-state index contributed by atoms with van der Waals surface area (Å²) in [5.74, 6) is -5.02. The molecule has 0 rings (SSSR count). The van der Waals surface area contributed by atoms with Crippen LogP contribution in [0, 0.1) is 0 Å². The van der Waals surface area contributed by atoms with Gasteiger partial charge in [0.15, 0.2) is 5.60 Å². The maximum absolute atomic E-state index is 10.3. The smallest absolute Gasteiger partial charge is 0.336 e. The van der Waals surface area contributed by atoms with Gasteiger partial charge in [0.1, 0.15) is 0 Å². The van der Waals surface area contributed by atoms with Gasteiger partial charge in [-0.1, -0.05) is 0 Å². The third-order valence-corrected chi connectivity index (χ3v) is 1.29. The zero-order chi connectivity index (χ0) is 10.6. The maximum atomic E-state index is 10.3. The summed E-state index contributed by atoms with van der Waals surface area (Å²) in [6, 6.07) is 0. The molecule has 0 aromatic rings. The summed E-state index contributed by atoms with van der Waals surface area (Å²) in [6.45, 7) is 0. The van der Waals surface area contributed by atoms with Crippen LogP contribution in [0.15, 0.2) is 0 Å². The predicted octanol–water partition coefficient (Wildman–Crippen LogP) is -2.45.